The van der Waals surface area contributed by atoms with Crippen LogP contribution in [-0.2, 0) is 16.1 Å². The molecule has 8 heteroatoms. The molecule has 144 valence electrons. The average Bonchev–Trinajstić information content (AvgIpc) is 2.65. The SMILES string of the molecule is CNC(=O)[C@H](C)N(Cc1ccc(Cl)cc1Cl)C(=O)CSc1ccc(Cl)cc1. The number of benzene rings is 2. The van der Waals surface area contributed by atoms with E-state index in [2.05, 4.69) is 5.32 Å². The number of nitrogens with one attached hydrogen (secondary N) is 1. The van der Waals surface area contributed by atoms with E-state index in [9.17, 15) is 9.59 Å². The third-order valence-corrected chi connectivity index (χ3v) is 5.78. The Morgan fingerprint density at radius 1 is 1.07 bits per heavy atom. The molecule has 2 rings (SSSR count). The second-order valence-corrected chi connectivity index (χ2v) is 8.12. The van der Waals surface area contributed by atoms with Crippen LogP contribution in [0, 0.1) is 0 Å². The van der Waals surface area contributed by atoms with Gasteiger partial charge < -0.3 is 10.2 Å². The van der Waals surface area contributed by atoms with Crippen LogP contribution in [0.15, 0.2) is 47.4 Å². The van der Waals surface area contributed by atoms with Crippen molar-refractivity contribution in [2.45, 2.75) is 24.4 Å². The third-order valence-electron chi connectivity index (χ3n) is 3.95. The first-order chi connectivity index (χ1) is 12.8. The summed E-state index contributed by atoms with van der Waals surface area (Å²) >= 11 is 19.4. The van der Waals surface area contributed by atoms with Crippen molar-refractivity contribution in [3.05, 3.63) is 63.1 Å². The van der Waals surface area contributed by atoms with E-state index < -0.39 is 6.04 Å². The lowest BCUT2D eigenvalue weighted by Gasteiger charge is -2.28. The normalized spacial score (nSPS) is 11.7. The van der Waals surface area contributed by atoms with Crippen LogP contribution < -0.4 is 5.32 Å². The molecule has 0 spiro atoms. The molecule has 0 heterocycles. The van der Waals surface area contributed by atoms with Crippen LogP contribution >= 0.6 is 46.6 Å². The Morgan fingerprint density at radius 2 is 1.70 bits per heavy atom. The van der Waals surface area contributed by atoms with E-state index in [0.717, 1.165) is 10.5 Å². The largest absolute Gasteiger partial charge is 0.357 e. The van der Waals surface area contributed by atoms with Crippen molar-refractivity contribution in [1.82, 2.24) is 10.2 Å². The summed E-state index contributed by atoms with van der Waals surface area (Å²) in [5, 5.41) is 4.18. The Hall–Kier alpha value is -1.40. The van der Waals surface area contributed by atoms with Gasteiger partial charge in [0.05, 0.1) is 5.75 Å². The van der Waals surface area contributed by atoms with E-state index in [0.29, 0.717) is 15.1 Å². The Morgan fingerprint density at radius 3 is 2.30 bits per heavy atom. The number of hydrogen-bond acceptors (Lipinski definition) is 3. The number of rotatable bonds is 7. The van der Waals surface area contributed by atoms with Gasteiger partial charge in [-0.25, -0.2) is 0 Å². The molecular formula is C19H19Cl3N2O2S. The number of thioether (sulfide) groups is 1. The summed E-state index contributed by atoms with van der Waals surface area (Å²) in [6.45, 7) is 1.90. The molecule has 2 aromatic rings. The van der Waals surface area contributed by atoms with Crippen molar-refractivity contribution in [2.24, 2.45) is 0 Å². The maximum atomic E-state index is 12.9. The molecule has 0 saturated heterocycles. The molecule has 0 aliphatic rings. The summed E-state index contributed by atoms with van der Waals surface area (Å²) in [4.78, 5) is 27.4. The molecule has 0 unspecified atom stereocenters. The highest BCUT2D eigenvalue weighted by atomic mass is 35.5. The lowest BCUT2D eigenvalue weighted by molar-refractivity contribution is -0.138. The van der Waals surface area contributed by atoms with Crippen molar-refractivity contribution in [3.63, 3.8) is 0 Å². The molecule has 0 saturated carbocycles. The van der Waals surface area contributed by atoms with Crippen LogP contribution in [0.3, 0.4) is 0 Å². The topological polar surface area (TPSA) is 49.4 Å². The first kappa shape index (κ1) is 21.9. The maximum Gasteiger partial charge on any atom is 0.242 e. The Bertz CT molecular complexity index is 815. The van der Waals surface area contributed by atoms with Crippen molar-refractivity contribution in [1.29, 1.82) is 0 Å². The second kappa shape index (κ2) is 10.2. The van der Waals surface area contributed by atoms with Gasteiger partial charge in [-0.1, -0.05) is 40.9 Å². The van der Waals surface area contributed by atoms with Crippen LogP contribution in [0.5, 0.6) is 0 Å². The average molecular weight is 446 g/mol. The number of carbonyl (C=O) groups is 2. The van der Waals surface area contributed by atoms with E-state index in [1.807, 2.05) is 12.1 Å². The predicted molar refractivity (Wildman–Crippen MR) is 113 cm³/mol. The summed E-state index contributed by atoms with van der Waals surface area (Å²) in [7, 11) is 1.54. The molecule has 2 aromatic carbocycles. The summed E-state index contributed by atoms with van der Waals surface area (Å²) < 4.78 is 0. The van der Waals surface area contributed by atoms with Crippen LogP contribution in [0.1, 0.15) is 12.5 Å². The van der Waals surface area contributed by atoms with Gasteiger partial charge in [0.25, 0.3) is 0 Å². The molecule has 2 amide bonds. The van der Waals surface area contributed by atoms with E-state index in [4.69, 9.17) is 34.8 Å². The highest BCUT2D eigenvalue weighted by Crippen LogP contribution is 2.25. The van der Waals surface area contributed by atoms with Gasteiger partial charge in [0.2, 0.25) is 11.8 Å². The maximum absolute atomic E-state index is 12.9. The van der Waals surface area contributed by atoms with Crippen LogP contribution in [0.25, 0.3) is 0 Å². The summed E-state index contributed by atoms with van der Waals surface area (Å²) in [6.07, 6.45) is 0. The fourth-order valence-corrected chi connectivity index (χ4v) is 3.76. The molecule has 27 heavy (non-hydrogen) atoms. The quantitative estimate of drug-likeness (QED) is 0.617. The van der Waals surface area contributed by atoms with E-state index in [1.165, 1.54) is 16.7 Å². The second-order valence-electron chi connectivity index (χ2n) is 5.79. The molecule has 0 aliphatic carbocycles. The van der Waals surface area contributed by atoms with E-state index in [-0.39, 0.29) is 24.1 Å². The van der Waals surface area contributed by atoms with Crippen molar-refractivity contribution >= 4 is 58.4 Å². The smallest absolute Gasteiger partial charge is 0.242 e. The molecule has 0 aliphatic heterocycles. The van der Waals surface area contributed by atoms with Crippen molar-refractivity contribution in [2.75, 3.05) is 12.8 Å². The van der Waals surface area contributed by atoms with Gasteiger partial charge in [-0.15, -0.1) is 11.8 Å². The molecule has 0 radical (unpaired) electrons. The predicted octanol–water partition coefficient (Wildman–Crippen LogP) is 4.90. The Labute approximate surface area is 178 Å². The monoisotopic (exact) mass is 444 g/mol. The molecule has 1 atom stereocenters. The van der Waals surface area contributed by atoms with Crippen LogP contribution in [0.4, 0.5) is 0 Å². The lowest BCUT2D eigenvalue weighted by atomic mass is 10.1. The lowest BCUT2D eigenvalue weighted by Crippen LogP contribution is -2.47. The van der Waals surface area contributed by atoms with Gasteiger partial charge in [0, 0.05) is 33.6 Å². The molecule has 0 bridgehead atoms. The molecule has 0 fully saturated rings. The third kappa shape index (κ3) is 6.32. The van der Waals surface area contributed by atoms with Gasteiger partial charge >= 0.3 is 0 Å². The van der Waals surface area contributed by atoms with Crippen LogP contribution in [0.2, 0.25) is 15.1 Å². The minimum Gasteiger partial charge on any atom is -0.357 e. The number of nitrogens with zero attached hydrogens (tertiary/aromatic N) is 1. The van der Waals surface area contributed by atoms with Gasteiger partial charge in [-0.3, -0.25) is 9.59 Å². The first-order valence-corrected chi connectivity index (χ1v) is 10.3. The molecule has 0 aromatic heterocycles. The van der Waals surface area contributed by atoms with E-state index >= 15 is 0 Å². The number of carbonyl (C=O) groups excluding carboxylic acids is 2. The van der Waals surface area contributed by atoms with Crippen LogP contribution in [-0.4, -0.2) is 35.6 Å². The number of hydrogen-bond donors (Lipinski definition) is 1. The molecular weight excluding hydrogens is 427 g/mol. The number of amides is 2. The summed E-state index contributed by atoms with van der Waals surface area (Å²) in [6, 6.07) is 11.7. The van der Waals surface area contributed by atoms with Gasteiger partial charge in [0.15, 0.2) is 0 Å². The first-order valence-electron chi connectivity index (χ1n) is 8.15. The Balaban J connectivity index is 2.16. The highest BCUT2D eigenvalue weighted by Gasteiger charge is 2.26. The van der Waals surface area contributed by atoms with E-state index in [1.54, 1.807) is 44.3 Å². The zero-order valence-corrected chi connectivity index (χ0v) is 17.9. The summed E-state index contributed by atoms with van der Waals surface area (Å²) in [5.41, 5.74) is 0.724. The summed E-state index contributed by atoms with van der Waals surface area (Å²) in [5.74, 6) is -0.226. The number of halogens is 3. The van der Waals surface area contributed by atoms with Gasteiger partial charge in [-0.2, -0.15) is 0 Å². The standard InChI is InChI=1S/C19H19Cl3N2O2S/c1-12(19(26)23-2)24(10-13-3-4-15(21)9-17(13)22)18(25)11-27-16-7-5-14(20)6-8-16/h3-9,12H,10-11H2,1-2H3,(H,23,26)/t12-/m0/s1. The highest BCUT2D eigenvalue weighted by molar-refractivity contribution is 8.00. The van der Waals surface area contributed by atoms with Gasteiger partial charge in [-0.05, 0) is 48.9 Å². The Kier molecular flexibility index (Phi) is 8.29. The van der Waals surface area contributed by atoms with Crippen molar-refractivity contribution in [3.8, 4) is 0 Å². The zero-order valence-electron chi connectivity index (χ0n) is 14.8. The fraction of sp³-hybridized carbons (Fsp3) is 0.263. The van der Waals surface area contributed by atoms with Crippen molar-refractivity contribution < 1.29 is 9.59 Å². The van der Waals surface area contributed by atoms with Gasteiger partial charge in [0.1, 0.15) is 6.04 Å². The molecule has 1 N–H and O–H groups in total. The number of likely N-dealkylation sites (N-methyl/N-ethyl adjacent to an activating group) is 1. The fourth-order valence-electron chi connectivity index (χ4n) is 2.38. The molecule has 4 nitrogen and oxygen atoms in total. The zero-order chi connectivity index (χ0) is 20.0. The minimum absolute atomic E-state index is 0.169. The minimum atomic E-state index is -0.639.